The lowest BCUT2D eigenvalue weighted by Gasteiger charge is -2.37. The quantitative estimate of drug-likeness (QED) is 0.556. The van der Waals surface area contributed by atoms with Gasteiger partial charge >= 0.3 is 0 Å². The summed E-state index contributed by atoms with van der Waals surface area (Å²) in [6.45, 7) is 10.8. The summed E-state index contributed by atoms with van der Waals surface area (Å²) in [5.74, 6) is -0.196. The molecule has 8 heteroatoms. The number of nitrogens with one attached hydrogen (secondary N) is 1. The van der Waals surface area contributed by atoms with Crippen LogP contribution in [0.2, 0.25) is 0 Å². The minimum atomic E-state index is -0.489. The van der Waals surface area contributed by atoms with Gasteiger partial charge in [0.05, 0.1) is 4.92 Å². The Labute approximate surface area is 188 Å². The summed E-state index contributed by atoms with van der Waals surface area (Å²) in [6.07, 6.45) is 0.547. The van der Waals surface area contributed by atoms with Gasteiger partial charge in [-0.3, -0.25) is 19.7 Å². The highest BCUT2D eigenvalue weighted by molar-refractivity contribution is 6.04. The number of carbonyl (C=O) groups is 2. The van der Waals surface area contributed by atoms with Gasteiger partial charge in [0.1, 0.15) is 0 Å². The SMILES string of the molecule is Cc1ccc(C(=O)Nc2ccc(N3CCN(C(=O)CC(C)(C)C)CC3)cc2)cc1[N+](=O)[O-]. The minimum absolute atomic E-state index is 0.0159. The molecule has 0 saturated carbocycles. The first-order valence-corrected chi connectivity index (χ1v) is 10.7. The monoisotopic (exact) mass is 438 g/mol. The maximum atomic E-state index is 12.5. The summed E-state index contributed by atoms with van der Waals surface area (Å²) in [4.78, 5) is 39.7. The van der Waals surface area contributed by atoms with Crippen molar-refractivity contribution in [2.24, 2.45) is 5.41 Å². The van der Waals surface area contributed by atoms with E-state index in [2.05, 4.69) is 31.0 Å². The molecule has 1 saturated heterocycles. The maximum absolute atomic E-state index is 12.5. The summed E-state index contributed by atoms with van der Waals surface area (Å²) in [5, 5.41) is 13.9. The summed E-state index contributed by atoms with van der Waals surface area (Å²) >= 11 is 0. The zero-order chi connectivity index (χ0) is 23.5. The molecular weight excluding hydrogens is 408 g/mol. The smallest absolute Gasteiger partial charge is 0.273 e. The molecular formula is C24H30N4O4. The molecule has 0 radical (unpaired) electrons. The van der Waals surface area contributed by atoms with E-state index in [0.717, 1.165) is 18.8 Å². The fourth-order valence-electron chi connectivity index (χ4n) is 3.69. The molecule has 1 heterocycles. The van der Waals surface area contributed by atoms with E-state index >= 15 is 0 Å². The van der Waals surface area contributed by atoms with Crippen LogP contribution in [0.4, 0.5) is 17.1 Å². The molecule has 0 unspecified atom stereocenters. The Morgan fingerprint density at radius 1 is 1.03 bits per heavy atom. The van der Waals surface area contributed by atoms with Gasteiger partial charge in [0.25, 0.3) is 11.6 Å². The number of amides is 2. The van der Waals surface area contributed by atoms with Crippen molar-refractivity contribution in [3.05, 3.63) is 63.7 Å². The molecule has 0 aromatic heterocycles. The van der Waals surface area contributed by atoms with Crippen molar-refractivity contribution in [1.82, 2.24) is 4.90 Å². The van der Waals surface area contributed by atoms with Gasteiger partial charge in [-0.15, -0.1) is 0 Å². The van der Waals surface area contributed by atoms with Crippen LogP contribution < -0.4 is 10.2 Å². The summed E-state index contributed by atoms with van der Waals surface area (Å²) in [5.41, 5.74) is 2.29. The lowest BCUT2D eigenvalue weighted by molar-refractivity contribution is -0.385. The maximum Gasteiger partial charge on any atom is 0.273 e. The molecule has 2 aromatic rings. The fourth-order valence-corrected chi connectivity index (χ4v) is 3.69. The molecule has 1 N–H and O–H groups in total. The number of hydrogen-bond acceptors (Lipinski definition) is 5. The number of nitrogens with zero attached hydrogens (tertiary/aromatic N) is 3. The van der Waals surface area contributed by atoms with Gasteiger partial charge in [0.2, 0.25) is 5.91 Å². The standard InChI is InChI=1S/C24H30N4O4/c1-17-5-6-18(15-21(17)28(31)32)23(30)25-19-7-9-20(10-8-19)26-11-13-27(14-12-26)22(29)16-24(2,3)4/h5-10,15H,11-14,16H2,1-4H3,(H,25,30). The number of carbonyl (C=O) groups excluding carboxylic acids is 2. The average molecular weight is 439 g/mol. The second-order valence-corrected chi connectivity index (χ2v) is 9.36. The van der Waals surface area contributed by atoms with Crippen molar-refractivity contribution in [3.8, 4) is 0 Å². The Bertz CT molecular complexity index is 1000. The number of rotatable bonds is 5. The van der Waals surface area contributed by atoms with Crippen LogP contribution in [0, 0.1) is 22.5 Å². The molecule has 0 aliphatic carbocycles. The Kier molecular flexibility index (Phi) is 6.81. The van der Waals surface area contributed by atoms with Gasteiger partial charge in [0.15, 0.2) is 0 Å². The predicted molar refractivity (Wildman–Crippen MR) is 125 cm³/mol. The van der Waals surface area contributed by atoms with Crippen molar-refractivity contribution in [2.75, 3.05) is 36.4 Å². The number of benzene rings is 2. The molecule has 0 spiro atoms. The first-order valence-electron chi connectivity index (χ1n) is 10.7. The first-order chi connectivity index (χ1) is 15.0. The van der Waals surface area contributed by atoms with Crippen molar-refractivity contribution in [2.45, 2.75) is 34.1 Å². The van der Waals surface area contributed by atoms with E-state index in [0.29, 0.717) is 30.8 Å². The molecule has 1 aliphatic rings. The van der Waals surface area contributed by atoms with Crippen LogP contribution in [0.5, 0.6) is 0 Å². The molecule has 0 atom stereocenters. The highest BCUT2D eigenvalue weighted by Crippen LogP contribution is 2.24. The lowest BCUT2D eigenvalue weighted by atomic mass is 9.91. The minimum Gasteiger partial charge on any atom is -0.368 e. The van der Waals surface area contributed by atoms with E-state index in [4.69, 9.17) is 0 Å². The zero-order valence-corrected chi connectivity index (χ0v) is 19.1. The number of hydrogen-bond donors (Lipinski definition) is 1. The lowest BCUT2D eigenvalue weighted by Crippen LogP contribution is -2.49. The molecule has 32 heavy (non-hydrogen) atoms. The Morgan fingerprint density at radius 3 is 2.22 bits per heavy atom. The normalized spacial score (nSPS) is 14.2. The zero-order valence-electron chi connectivity index (χ0n) is 19.1. The van der Waals surface area contributed by atoms with E-state index in [9.17, 15) is 19.7 Å². The summed E-state index contributed by atoms with van der Waals surface area (Å²) < 4.78 is 0. The van der Waals surface area contributed by atoms with Crippen LogP contribution >= 0.6 is 0 Å². The van der Waals surface area contributed by atoms with Crippen LogP contribution in [-0.4, -0.2) is 47.8 Å². The molecule has 3 rings (SSSR count). The van der Waals surface area contributed by atoms with Gasteiger partial charge < -0.3 is 15.1 Å². The van der Waals surface area contributed by atoms with Gasteiger partial charge in [-0.2, -0.15) is 0 Å². The number of aryl methyl sites for hydroxylation is 1. The third-order valence-electron chi connectivity index (χ3n) is 5.47. The number of nitro groups is 1. The van der Waals surface area contributed by atoms with Crippen LogP contribution in [0.3, 0.4) is 0 Å². The van der Waals surface area contributed by atoms with Crippen LogP contribution in [0.25, 0.3) is 0 Å². The van der Waals surface area contributed by atoms with Crippen molar-refractivity contribution < 1.29 is 14.5 Å². The highest BCUT2D eigenvalue weighted by atomic mass is 16.6. The second-order valence-electron chi connectivity index (χ2n) is 9.36. The average Bonchev–Trinajstić information content (AvgIpc) is 2.73. The van der Waals surface area contributed by atoms with Gasteiger partial charge in [0, 0.05) is 61.2 Å². The van der Waals surface area contributed by atoms with E-state index in [1.54, 1.807) is 19.1 Å². The molecule has 0 bridgehead atoms. The van der Waals surface area contributed by atoms with E-state index in [-0.39, 0.29) is 22.6 Å². The van der Waals surface area contributed by atoms with Crippen molar-refractivity contribution >= 4 is 28.9 Å². The largest absolute Gasteiger partial charge is 0.368 e. The third-order valence-corrected chi connectivity index (χ3v) is 5.47. The second kappa shape index (κ2) is 9.38. The van der Waals surface area contributed by atoms with E-state index in [1.807, 2.05) is 29.2 Å². The third kappa shape index (κ3) is 5.84. The Hall–Kier alpha value is -3.42. The first kappa shape index (κ1) is 23.2. The topological polar surface area (TPSA) is 95.8 Å². The molecule has 2 aromatic carbocycles. The molecule has 8 nitrogen and oxygen atoms in total. The fraction of sp³-hybridized carbons (Fsp3) is 0.417. The summed E-state index contributed by atoms with van der Waals surface area (Å²) in [7, 11) is 0. The number of piperazine rings is 1. The van der Waals surface area contributed by atoms with E-state index in [1.165, 1.54) is 6.07 Å². The molecule has 170 valence electrons. The highest BCUT2D eigenvalue weighted by Gasteiger charge is 2.25. The number of nitro benzene ring substituents is 1. The predicted octanol–water partition coefficient (Wildman–Crippen LogP) is 4.24. The van der Waals surface area contributed by atoms with Gasteiger partial charge in [-0.25, -0.2) is 0 Å². The Morgan fingerprint density at radius 2 is 1.66 bits per heavy atom. The van der Waals surface area contributed by atoms with Gasteiger partial charge in [-0.1, -0.05) is 26.8 Å². The van der Waals surface area contributed by atoms with E-state index < -0.39 is 10.8 Å². The van der Waals surface area contributed by atoms with Crippen molar-refractivity contribution in [3.63, 3.8) is 0 Å². The van der Waals surface area contributed by atoms with Crippen LogP contribution in [0.1, 0.15) is 43.1 Å². The van der Waals surface area contributed by atoms with Crippen molar-refractivity contribution in [1.29, 1.82) is 0 Å². The molecule has 1 fully saturated rings. The van der Waals surface area contributed by atoms with Crippen LogP contribution in [-0.2, 0) is 4.79 Å². The van der Waals surface area contributed by atoms with Crippen LogP contribution in [0.15, 0.2) is 42.5 Å². The molecule has 2 amide bonds. The Balaban J connectivity index is 1.58. The summed E-state index contributed by atoms with van der Waals surface area (Å²) in [6, 6.07) is 11.9. The number of anilines is 2. The molecule has 1 aliphatic heterocycles. The van der Waals surface area contributed by atoms with Gasteiger partial charge in [-0.05, 0) is 42.7 Å².